The van der Waals surface area contributed by atoms with Gasteiger partial charge in [0.1, 0.15) is 0 Å². The van der Waals surface area contributed by atoms with Crippen molar-refractivity contribution in [2.24, 2.45) is 0 Å². The summed E-state index contributed by atoms with van der Waals surface area (Å²) in [6, 6.07) is 4.93. The summed E-state index contributed by atoms with van der Waals surface area (Å²) in [5, 5.41) is 17.1. The first kappa shape index (κ1) is 19.7. The molecule has 0 aliphatic carbocycles. The molecule has 2 aromatic heterocycles. The molecule has 10 heteroatoms. The molecule has 2 heterocycles. The maximum atomic E-state index is 12.2. The predicted octanol–water partition coefficient (Wildman–Crippen LogP) is 4.22. The van der Waals surface area contributed by atoms with Gasteiger partial charge in [-0.25, -0.2) is 0 Å². The number of carbonyl (C=O) groups is 1. The number of amides is 1. The minimum Gasteiger partial charge on any atom is -0.324 e. The van der Waals surface area contributed by atoms with Crippen LogP contribution in [0, 0.1) is 0 Å². The number of nitrogens with zero attached hydrogens (tertiary/aromatic N) is 5. The van der Waals surface area contributed by atoms with Crippen molar-refractivity contribution < 1.29 is 4.79 Å². The summed E-state index contributed by atoms with van der Waals surface area (Å²) in [6.45, 7) is 5.50. The summed E-state index contributed by atoms with van der Waals surface area (Å²) < 4.78 is 3.80. The Morgan fingerprint density at radius 1 is 1.22 bits per heavy atom. The number of thioether (sulfide) groups is 1. The SMILES string of the molecule is CCn1cc(-c2nnc(SCC(=O)Nc3ccc(Cl)cc3Cl)n2CC)cn1. The van der Waals surface area contributed by atoms with E-state index in [1.165, 1.54) is 11.8 Å². The number of anilines is 1. The smallest absolute Gasteiger partial charge is 0.234 e. The molecule has 7 nitrogen and oxygen atoms in total. The van der Waals surface area contributed by atoms with Gasteiger partial charge in [0.25, 0.3) is 0 Å². The van der Waals surface area contributed by atoms with Crippen molar-refractivity contribution in [1.82, 2.24) is 24.5 Å². The highest BCUT2D eigenvalue weighted by atomic mass is 35.5. The molecule has 3 rings (SSSR count). The minimum absolute atomic E-state index is 0.185. The number of halogens is 2. The average molecular weight is 425 g/mol. The highest BCUT2D eigenvalue weighted by Crippen LogP contribution is 2.27. The molecule has 0 radical (unpaired) electrons. The highest BCUT2D eigenvalue weighted by molar-refractivity contribution is 7.99. The van der Waals surface area contributed by atoms with E-state index < -0.39 is 0 Å². The van der Waals surface area contributed by atoms with Crippen molar-refractivity contribution in [3.63, 3.8) is 0 Å². The number of carbonyl (C=O) groups excluding carboxylic acids is 1. The second-order valence-corrected chi connectivity index (χ2v) is 7.38. The van der Waals surface area contributed by atoms with Crippen LogP contribution in [0.3, 0.4) is 0 Å². The molecular formula is C17H18Cl2N6OS. The van der Waals surface area contributed by atoms with Crippen LogP contribution in [0.25, 0.3) is 11.4 Å². The molecule has 1 aromatic carbocycles. The molecule has 0 spiro atoms. The van der Waals surface area contributed by atoms with Gasteiger partial charge in [0.15, 0.2) is 11.0 Å². The van der Waals surface area contributed by atoms with Gasteiger partial charge in [0, 0.05) is 24.3 Å². The number of nitrogens with one attached hydrogen (secondary N) is 1. The van der Waals surface area contributed by atoms with Crippen LogP contribution >= 0.6 is 35.0 Å². The van der Waals surface area contributed by atoms with Crippen molar-refractivity contribution in [1.29, 1.82) is 0 Å². The van der Waals surface area contributed by atoms with Crippen LogP contribution in [0.5, 0.6) is 0 Å². The number of aromatic nitrogens is 5. The van der Waals surface area contributed by atoms with E-state index in [0.29, 0.717) is 27.4 Å². The average Bonchev–Trinajstić information content (AvgIpc) is 3.28. The fourth-order valence-electron chi connectivity index (χ4n) is 2.45. The van der Waals surface area contributed by atoms with Gasteiger partial charge >= 0.3 is 0 Å². The topological polar surface area (TPSA) is 77.6 Å². The zero-order chi connectivity index (χ0) is 19.4. The van der Waals surface area contributed by atoms with Crippen LogP contribution in [0.4, 0.5) is 5.69 Å². The van der Waals surface area contributed by atoms with Gasteiger partial charge in [-0.1, -0.05) is 35.0 Å². The molecule has 27 heavy (non-hydrogen) atoms. The van der Waals surface area contributed by atoms with Crippen LogP contribution in [0.1, 0.15) is 13.8 Å². The number of hydrogen-bond acceptors (Lipinski definition) is 5. The van der Waals surface area contributed by atoms with Gasteiger partial charge in [-0.2, -0.15) is 5.10 Å². The van der Waals surface area contributed by atoms with E-state index in [4.69, 9.17) is 23.2 Å². The number of aryl methyl sites for hydroxylation is 1. The van der Waals surface area contributed by atoms with Crippen molar-refractivity contribution >= 4 is 46.6 Å². The second-order valence-electron chi connectivity index (χ2n) is 5.60. The molecular weight excluding hydrogens is 407 g/mol. The second kappa shape index (κ2) is 8.77. The van der Waals surface area contributed by atoms with Crippen LogP contribution in [0.15, 0.2) is 35.7 Å². The lowest BCUT2D eigenvalue weighted by molar-refractivity contribution is -0.113. The lowest BCUT2D eigenvalue weighted by Gasteiger charge is -2.08. The zero-order valence-electron chi connectivity index (χ0n) is 14.8. The summed E-state index contributed by atoms with van der Waals surface area (Å²) in [5.41, 5.74) is 1.42. The number of rotatable bonds is 7. The third-order valence-electron chi connectivity index (χ3n) is 3.79. The van der Waals surface area contributed by atoms with Crippen molar-refractivity contribution in [3.8, 4) is 11.4 Å². The van der Waals surface area contributed by atoms with Gasteiger partial charge in [-0.15, -0.1) is 10.2 Å². The number of hydrogen-bond donors (Lipinski definition) is 1. The largest absolute Gasteiger partial charge is 0.324 e. The van der Waals surface area contributed by atoms with E-state index in [2.05, 4.69) is 20.6 Å². The van der Waals surface area contributed by atoms with Crippen LogP contribution in [-0.2, 0) is 17.9 Å². The first-order valence-electron chi connectivity index (χ1n) is 8.35. The molecule has 0 saturated heterocycles. The minimum atomic E-state index is -0.185. The van der Waals surface area contributed by atoms with E-state index in [1.54, 1.807) is 24.4 Å². The summed E-state index contributed by atoms with van der Waals surface area (Å²) in [5.74, 6) is 0.738. The zero-order valence-corrected chi connectivity index (χ0v) is 17.1. The van der Waals surface area contributed by atoms with Gasteiger partial charge in [0.2, 0.25) is 5.91 Å². The standard InChI is InChI=1S/C17H18Cl2N6OS/c1-3-24-9-11(8-20-24)16-22-23-17(25(16)4-2)27-10-15(26)21-14-6-5-12(18)7-13(14)19/h5-9H,3-4,10H2,1-2H3,(H,21,26). The summed E-state index contributed by atoms with van der Waals surface area (Å²) >= 11 is 13.3. The van der Waals surface area contributed by atoms with Crippen molar-refractivity contribution in [3.05, 3.63) is 40.6 Å². The molecule has 0 atom stereocenters. The van der Waals surface area contributed by atoms with Crippen LogP contribution in [-0.4, -0.2) is 36.2 Å². The van der Waals surface area contributed by atoms with E-state index in [1.807, 2.05) is 29.3 Å². The monoisotopic (exact) mass is 424 g/mol. The molecule has 0 aliphatic heterocycles. The van der Waals surface area contributed by atoms with Gasteiger partial charge in [-0.05, 0) is 32.0 Å². The Kier molecular flexibility index (Phi) is 6.41. The predicted molar refractivity (Wildman–Crippen MR) is 108 cm³/mol. The Morgan fingerprint density at radius 2 is 2.04 bits per heavy atom. The van der Waals surface area contributed by atoms with Gasteiger partial charge in [-0.3, -0.25) is 9.48 Å². The van der Waals surface area contributed by atoms with Crippen molar-refractivity contribution in [2.75, 3.05) is 11.1 Å². The van der Waals surface area contributed by atoms with Crippen molar-refractivity contribution in [2.45, 2.75) is 32.1 Å². The molecule has 0 saturated carbocycles. The molecule has 0 unspecified atom stereocenters. The van der Waals surface area contributed by atoms with Gasteiger partial charge < -0.3 is 9.88 Å². The molecule has 3 aromatic rings. The normalized spacial score (nSPS) is 11.0. The molecule has 1 N–H and O–H groups in total. The number of benzene rings is 1. The Morgan fingerprint density at radius 3 is 2.70 bits per heavy atom. The van der Waals surface area contributed by atoms with E-state index in [-0.39, 0.29) is 11.7 Å². The van der Waals surface area contributed by atoms with E-state index in [9.17, 15) is 4.79 Å². The molecule has 1 amide bonds. The van der Waals surface area contributed by atoms with Crippen LogP contribution in [0.2, 0.25) is 10.0 Å². The maximum absolute atomic E-state index is 12.2. The van der Waals surface area contributed by atoms with E-state index >= 15 is 0 Å². The third-order valence-corrected chi connectivity index (χ3v) is 5.30. The van der Waals surface area contributed by atoms with Crippen LogP contribution < -0.4 is 5.32 Å². The lowest BCUT2D eigenvalue weighted by atomic mass is 10.3. The fourth-order valence-corrected chi connectivity index (χ4v) is 3.71. The fraction of sp³-hybridized carbons (Fsp3) is 0.294. The maximum Gasteiger partial charge on any atom is 0.234 e. The molecule has 0 bridgehead atoms. The van der Waals surface area contributed by atoms with Gasteiger partial charge in [0.05, 0.1) is 28.2 Å². The van der Waals surface area contributed by atoms with E-state index in [0.717, 1.165) is 17.9 Å². The highest BCUT2D eigenvalue weighted by Gasteiger charge is 2.16. The Bertz CT molecular complexity index is 955. The Balaban J connectivity index is 1.68. The Labute approximate surface area is 171 Å². The summed E-state index contributed by atoms with van der Waals surface area (Å²) in [4.78, 5) is 12.2. The first-order valence-corrected chi connectivity index (χ1v) is 10.1. The quantitative estimate of drug-likeness (QED) is 0.574. The molecule has 0 aliphatic rings. The molecule has 142 valence electrons. The first-order chi connectivity index (χ1) is 13.0. The Hall–Kier alpha value is -2.03. The molecule has 0 fully saturated rings. The summed E-state index contributed by atoms with van der Waals surface area (Å²) in [6.07, 6.45) is 3.70. The lowest BCUT2D eigenvalue weighted by Crippen LogP contribution is -2.15. The third kappa shape index (κ3) is 4.63. The summed E-state index contributed by atoms with van der Waals surface area (Å²) in [7, 11) is 0.